The third-order valence-electron chi connectivity index (χ3n) is 4.51. The SMILES string of the molecule is O=C(O)c1cncc(NC(=O)N2CCC3CCCCC32)c1. The lowest BCUT2D eigenvalue weighted by Gasteiger charge is -2.31. The van der Waals surface area contributed by atoms with E-state index in [4.69, 9.17) is 5.11 Å². The van der Waals surface area contributed by atoms with Crippen molar-refractivity contribution in [2.24, 2.45) is 5.92 Å². The molecule has 2 N–H and O–H groups in total. The summed E-state index contributed by atoms with van der Waals surface area (Å²) in [6.07, 6.45) is 8.55. The molecule has 1 saturated heterocycles. The maximum Gasteiger partial charge on any atom is 0.337 e. The summed E-state index contributed by atoms with van der Waals surface area (Å²) in [5.74, 6) is -0.417. The fourth-order valence-electron chi connectivity index (χ4n) is 3.48. The Hall–Kier alpha value is -2.11. The first-order chi connectivity index (χ1) is 10.1. The van der Waals surface area contributed by atoms with Gasteiger partial charge in [-0.15, -0.1) is 0 Å². The Balaban J connectivity index is 1.69. The van der Waals surface area contributed by atoms with Gasteiger partial charge in [0.2, 0.25) is 0 Å². The number of urea groups is 1. The van der Waals surface area contributed by atoms with Gasteiger partial charge in [0.1, 0.15) is 0 Å². The summed E-state index contributed by atoms with van der Waals surface area (Å²) in [5, 5.41) is 11.7. The number of carboxylic acid groups (broad SMARTS) is 1. The molecule has 2 amide bonds. The van der Waals surface area contributed by atoms with Crippen molar-refractivity contribution in [3.05, 3.63) is 24.0 Å². The second kappa shape index (κ2) is 5.71. The summed E-state index contributed by atoms with van der Waals surface area (Å²) in [4.78, 5) is 29.1. The first-order valence-corrected chi connectivity index (χ1v) is 7.41. The zero-order valence-corrected chi connectivity index (χ0v) is 11.8. The molecule has 1 aromatic heterocycles. The average molecular weight is 289 g/mol. The van der Waals surface area contributed by atoms with E-state index >= 15 is 0 Å². The van der Waals surface area contributed by atoms with Crippen molar-refractivity contribution in [3.8, 4) is 0 Å². The van der Waals surface area contributed by atoms with Gasteiger partial charge >= 0.3 is 12.0 Å². The number of fused-ring (bicyclic) bond motifs is 1. The van der Waals surface area contributed by atoms with Crippen molar-refractivity contribution in [2.45, 2.75) is 38.1 Å². The van der Waals surface area contributed by atoms with Crippen LogP contribution in [0.2, 0.25) is 0 Å². The highest BCUT2D eigenvalue weighted by Gasteiger charge is 2.38. The molecule has 1 aliphatic carbocycles. The molecule has 6 nitrogen and oxygen atoms in total. The van der Waals surface area contributed by atoms with Gasteiger partial charge < -0.3 is 15.3 Å². The minimum atomic E-state index is -1.05. The molecular weight excluding hydrogens is 270 g/mol. The number of likely N-dealkylation sites (tertiary alicyclic amines) is 1. The van der Waals surface area contributed by atoms with Gasteiger partial charge in [0.15, 0.2) is 0 Å². The molecule has 2 fully saturated rings. The average Bonchev–Trinajstić information content (AvgIpc) is 2.91. The van der Waals surface area contributed by atoms with E-state index < -0.39 is 5.97 Å². The summed E-state index contributed by atoms with van der Waals surface area (Å²) in [6.45, 7) is 0.785. The van der Waals surface area contributed by atoms with Crippen molar-refractivity contribution in [3.63, 3.8) is 0 Å². The van der Waals surface area contributed by atoms with E-state index in [0.717, 1.165) is 19.4 Å². The number of nitrogens with one attached hydrogen (secondary N) is 1. The van der Waals surface area contributed by atoms with Crippen LogP contribution in [-0.4, -0.2) is 39.6 Å². The van der Waals surface area contributed by atoms with E-state index in [0.29, 0.717) is 17.6 Å². The number of pyridine rings is 1. The second-order valence-electron chi connectivity index (χ2n) is 5.79. The first kappa shape index (κ1) is 13.9. The van der Waals surface area contributed by atoms with Crippen LogP contribution in [0.3, 0.4) is 0 Å². The lowest BCUT2D eigenvalue weighted by molar-refractivity contribution is 0.0696. The van der Waals surface area contributed by atoms with Gasteiger partial charge in [-0.25, -0.2) is 9.59 Å². The Bertz CT molecular complexity index is 561. The number of amides is 2. The fraction of sp³-hybridized carbons (Fsp3) is 0.533. The Morgan fingerprint density at radius 3 is 2.86 bits per heavy atom. The molecule has 3 rings (SSSR count). The minimum absolute atomic E-state index is 0.0739. The van der Waals surface area contributed by atoms with Crippen molar-refractivity contribution in [2.75, 3.05) is 11.9 Å². The van der Waals surface area contributed by atoms with Crippen LogP contribution in [0, 0.1) is 5.92 Å². The molecule has 0 bridgehead atoms. The van der Waals surface area contributed by atoms with Crippen LogP contribution < -0.4 is 5.32 Å². The number of carbonyl (C=O) groups is 2. The lowest BCUT2D eigenvalue weighted by atomic mass is 9.85. The van der Waals surface area contributed by atoms with E-state index in [1.165, 1.54) is 37.7 Å². The zero-order valence-electron chi connectivity index (χ0n) is 11.8. The number of aromatic nitrogens is 1. The van der Waals surface area contributed by atoms with E-state index in [1.807, 2.05) is 4.90 Å². The number of anilines is 1. The standard InChI is InChI=1S/C15H19N3O3/c19-14(20)11-7-12(9-16-8-11)17-15(21)18-6-5-10-3-1-2-4-13(10)18/h7-10,13H,1-6H2,(H,17,21)(H,19,20). The minimum Gasteiger partial charge on any atom is -0.478 e. The van der Waals surface area contributed by atoms with Crippen LogP contribution in [0.25, 0.3) is 0 Å². The van der Waals surface area contributed by atoms with Gasteiger partial charge in [-0.2, -0.15) is 0 Å². The molecule has 2 heterocycles. The van der Waals surface area contributed by atoms with Gasteiger partial charge in [-0.3, -0.25) is 4.98 Å². The first-order valence-electron chi connectivity index (χ1n) is 7.41. The molecule has 0 aromatic carbocycles. The van der Waals surface area contributed by atoms with E-state index in [1.54, 1.807) is 0 Å². The van der Waals surface area contributed by atoms with Gasteiger partial charge in [-0.1, -0.05) is 12.8 Å². The largest absolute Gasteiger partial charge is 0.478 e. The summed E-state index contributed by atoms with van der Waals surface area (Å²) in [5.41, 5.74) is 0.504. The molecule has 112 valence electrons. The normalized spacial score (nSPS) is 24.5. The Labute approximate surface area is 123 Å². The van der Waals surface area contributed by atoms with Crippen LogP contribution >= 0.6 is 0 Å². The number of hydrogen-bond acceptors (Lipinski definition) is 3. The predicted molar refractivity (Wildman–Crippen MR) is 77.3 cm³/mol. The summed E-state index contributed by atoms with van der Waals surface area (Å²) in [6, 6.07) is 1.63. The number of carbonyl (C=O) groups excluding carboxylic acids is 1. The summed E-state index contributed by atoms with van der Waals surface area (Å²) >= 11 is 0. The topological polar surface area (TPSA) is 82.5 Å². The predicted octanol–water partition coefficient (Wildman–Crippen LogP) is 2.58. The summed E-state index contributed by atoms with van der Waals surface area (Å²) < 4.78 is 0. The van der Waals surface area contributed by atoms with Crippen LogP contribution in [0.15, 0.2) is 18.5 Å². The van der Waals surface area contributed by atoms with Gasteiger partial charge in [-0.05, 0) is 31.2 Å². The third-order valence-corrected chi connectivity index (χ3v) is 4.51. The zero-order chi connectivity index (χ0) is 14.8. The smallest absolute Gasteiger partial charge is 0.337 e. The highest BCUT2D eigenvalue weighted by atomic mass is 16.4. The Morgan fingerprint density at radius 2 is 2.05 bits per heavy atom. The maximum absolute atomic E-state index is 12.4. The van der Waals surface area contributed by atoms with E-state index in [-0.39, 0.29) is 11.6 Å². The van der Waals surface area contributed by atoms with E-state index in [2.05, 4.69) is 10.3 Å². The van der Waals surface area contributed by atoms with Gasteiger partial charge in [0.25, 0.3) is 0 Å². The van der Waals surface area contributed by atoms with Crippen molar-refractivity contribution >= 4 is 17.7 Å². The number of rotatable bonds is 2. The quantitative estimate of drug-likeness (QED) is 0.876. The lowest BCUT2D eigenvalue weighted by Crippen LogP contribution is -2.41. The van der Waals surface area contributed by atoms with Gasteiger partial charge in [0.05, 0.1) is 17.4 Å². The van der Waals surface area contributed by atoms with Crippen LogP contribution in [0.5, 0.6) is 0 Å². The molecule has 2 aliphatic rings. The molecule has 0 spiro atoms. The van der Waals surface area contributed by atoms with Crippen LogP contribution in [-0.2, 0) is 0 Å². The molecular formula is C15H19N3O3. The third kappa shape index (κ3) is 2.84. The molecule has 0 radical (unpaired) electrons. The number of carboxylic acids is 1. The Kier molecular flexibility index (Phi) is 3.77. The molecule has 2 atom stereocenters. The Morgan fingerprint density at radius 1 is 1.24 bits per heavy atom. The number of hydrogen-bond donors (Lipinski definition) is 2. The monoisotopic (exact) mass is 289 g/mol. The van der Waals surface area contributed by atoms with Crippen molar-refractivity contribution < 1.29 is 14.7 Å². The number of nitrogens with zero attached hydrogens (tertiary/aromatic N) is 2. The molecule has 1 aromatic rings. The van der Waals surface area contributed by atoms with Crippen molar-refractivity contribution in [1.29, 1.82) is 0 Å². The van der Waals surface area contributed by atoms with Crippen LogP contribution in [0.1, 0.15) is 42.5 Å². The molecule has 6 heteroatoms. The highest BCUT2D eigenvalue weighted by Crippen LogP contribution is 2.36. The van der Waals surface area contributed by atoms with Crippen molar-refractivity contribution in [1.82, 2.24) is 9.88 Å². The molecule has 2 unspecified atom stereocenters. The van der Waals surface area contributed by atoms with Crippen LogP contribution in [0.4, 0.5) is 10.5 Å². The fourth-order valence-corrected chi connectivity index (χ4v) is 3.48. The maximum atomic E-state index is 12.4. The number of aromatic carboxylic acids is 1. The molecule has 21 heavy (non-hydrogen) atoms. The van der Waals surface area contributed by atoms with E-state index in [9.17, 15) is 9.59 Å². The highest BCUT2D eigenvalue weighted by molar-refractivity contribution is 5.92. The summed E-state index contributed by atoms with van der Waals surface area (Å²) in [7, 11) is 0. The van der Waals surface area contributed by atoms with Gasteiger partial charge in [0, 0.05) is 18.8 Å². The second-order valence-corrected chi connectivity index (χ2v) is 5.79. The molecule has 1 aliphatic heterocycles. The molecule has 1 saturated carbocycles.